The first kappa shape index (κ1) is 22.8. The molecule has 1 aliphatic heterocycles. The number of nitrogens with zero attached hydrogens (tertiary/aromatic N) is 3. The molecule has 1 aromatic carbocycles. The number of fused-ring (bicyclic) bond motifs is 1. The number of nitrogens with one attached hydrogen (secondary N) is 1. The fraction of sp³-hybridized carbons (Fsp3) is 0.391. The summed E-state index contributed by atoms with van der Waals surface area (Å²) in [6, 6.07) is 11.4. The number of esters is 1. The van der Waals surface area contributed by atoms with Gasteiger partial charge in [0.25, 0.3) is 5.91 Å². The molecule has 1 N–H and O–H groups in total. The van der Waals surface area contributed by atoms with E-state index in [-0.39, 0.29) is 24.6 Å². The lowest BCUT2D eigenvalue weighted by Gasteiger charge is -2.31. The van der Waals surface area contributed by atoms with Crippen LogP contribution in [-0.2, 0) is 14.3 Å². The first-order valence-corrected chi connectivity index (χ1v) is 11.7. The van der Waals surface area contributed by atoms with E-state index >= 15 is 0 Å². The zero-order chi connectivity index (χ0) is 23.4. The van der Waals surface area contributed by atoms with Crippen LogP contribution < -0.4 is 5.32 Å². The van der Waals surface area contributed by atoms with Crippen molar-refractivity contribution in [2.75, 3.05) is 26.3 Å². The first-order valence-electron chi connectivity index (χ1n) is 10.9. The van der Waals surface area contributed by atoms with Gasteiger partial charge in [0, 0.05) is 24.5 Å². The smallest absolute Gasteiger partial charge is 0.409 e. The molecular weight excluding hydrogens is 444 g/mol. The summed E-state index contributed by atoms with van der Waals surface area (Å²) in [7, 11) is 0. The fourth-order valence-electron chi connectivity index (χ4n) is 3.78. The summed E-state index contributed by atoms with van der Waals surface area (Å²) in [4.78, 5) is 39.5. The number of thiophene rings is 1. The maximum atomic E-state index is 12.6. The number of piperidine rings is 1. The molecule has 9 nitrogen and oxygen atoms in total. The van der Waals surface area contributed by atoms with Crippen LogP contribution in [0.1, 0.15) is 35.1 Å². The Balaban J connectivity index is 1.31. The van der Waals surface area contributed by atoms with Gasteiger partial charge < -0.3 is 19.7 Å². The molecule has 0 radical (unpaired) electrons. The van der Waals surface area contributed by atoms with Gasteiger partial charge in [-0.15, -0.1) is 11.3 Å². The van der Waals surface area contributed by atoms with Crippen molar-refractivity contribution in [3.05, 3.63) is 47.0 Å². The van der Waals surface area contributed by atoms with Gasteiger partial charge in [0.05, 0.1) is 18.0 Å². The van der Waals surface area contributed by atoms with Crippen LogP contribution in [0.4, 0.5) is 4.79 Å². The molecule has 1 aliphatic rings. The van der Waals surface area contributed by atoms with Crippen molar-refractivity contribution >= 4 is 39.5 Å². The Hall–Kier alpha value is -3.40. The second-order valence-corrected chi connectivity index (χ2v) is 8.80. The van der Waals surface area contributed by atoms with Crippen LogP contribution in [0.25, 0.3) is 15.9 Å². The zero-order valence-corrected chi connectivity index (χ0v) is 19.4. The minimum Gasteiger partial charge on any atom is -0.451 e. The van der Waals surface area contributed by atoms with Crippen LogP contribution in [0.15, 0.2) is 36.4 Å². The number of hydrogen-bond acceptors (Lipinski definition) is 7. The highest BCUT2D eigenvalue weighted by molar-refractivity contribution is 7.20. The zero-order valence-electron chi connectivity index (χ0n) is 18.6. The van der Waals surface area contributed by atoms with Gasteiger partial charge in [-0.25, -0.2) is 14.3 Å². The molecule has 0 aliphatic carbocycles. The number of carbonyl (C=O) groups excluding carboxylic acids is 3. The molecule has 1 saturated heterocycles. The Kier molecular flexibility index (Phi) is 6.93. The molecule has 0 saturated carbocycles. The summed E-state index contributed by atoms with van der Waals surface area (Å²) < 4.78 is 12.1. The number of carbonyl (C=O) groups is 3. The number of aromatic nitrogens is 2. The Morgan fingerprint density at radius 3 is 2.58 bits per heavy atom. The highest BCUT2D eigenvalue weighted by Crippen LogP contribution is 2.30. The largest absolute Gasteiger partial charge is 0.451 e. The molecule has 2 aromatic heterocycles. The maximum absolute atomic E-state index is 12.6. The van der Waals surface area contributed by atoms with E-state index in [2.05, 4.69) is 10.4 Å². The molecule has 0 unspecified atom stereocenters. The summed E-state index contributed by atoms with van der Waals surface area (Å²) in [6.07, 6.45) is 0.930. The van der Waals surface area contributed by atoms with E-state index in [1.165, 1.54) is 11.3 Å². The summed E-state index contributed by atoms with van der Waals surface area (Å²) >= 11 is 1.29. The number of likely N-dealkylation sites (tertiary alicyclic amines) is 1. The summed E-state index contributed by atoms with van der Waals surface area (Å²) in [5.41, 5.74) is 1.72. The highest BCUT2D eigenvalue weighted by Gasteiger charge is 2.25. The Morgan fingerprint density at radius 1 is 1.15 bits per heavy atom. The third-order valence-corrected chi connectivity index (χ3v) is 6.56. The fourth-order valence-corrected chi connectivity index (χ4v) is 4.86. The van der Waals surface area contributed by atoms with Gasteiger partial charge in [-0.05, 0) is 44.9 Å². The van der Waals surface area contributed by atoms with E-state index in [4.69, 9.17) is 9.47 Å². The molecule has 174 valence electrons. The molecule has 1 fully saturated rings. The third kappa shape index (κ3) is 5.16. The van der Waals surface area contributed by atoms with E-state index in [1.807, 2.05) is 41.9 Å². The molecule has 4 rings (SSSR count). The lowest BCUT2D eigenvalue weighted by molar-refractivity contribution is -0.125. The van der Waals surface area contributed by atoms with E-state index in [0.717, 1.165) is 21.6 Å². The van der Waals surface area contributed by atoms with E-state index in [1.54, 1.807) is 17.9 Å². The number of benzene rings is 1. The summed E-state index contributed by atoms with van der Waals surface area (Å²) in [5.74, 6) is -0.895. The van der Waals surface area contributed by atoms with Gasteiger partial charge in [-0.2, -0.15) is 5.10 Å². The topological polar surface area (TPSA) is 103 Å². The van der Waals surface area contributed by atoms with Crippen LogP contribution in [0.3, 0.4) is 0 Å². The molecule has 0 atom stereocenters. The maximum Gasteiger partial charge on any atom is 0.409 e. The van der Waals surface area contributed by atoms with Gasteiger partial charge in [0.1, 0.15) is 9.71 Å². The predicted octanol–water partition coefficient (Wildman–Crippen LogP) is 3.29. The third-order valence-electron chi connectivity index (χ3n) is 5.47. The van der Waals surface area contributed by atoms with Crippen LogP contribution >= 0.6 is 11.3 Å². The molecule has 3 heterocycles. The Bertz CT molecular complexity index is 1150. The second-order valence-electron chi connectivity index (χ2n) is 7.77. The van der Waals surface area contributed by atoms with E-state index < -0.39 is 5.97 Å². The van der Waals surface area contributed by atoms with Gasteiger partial charge in [0.2, 0.25) is 0 Å². The lowest BCUT2D eigenvalue weighted by Crippen LogP contribution is -2.47. The van der Waals surface area contributed by atoms with Crippen molar-refractivity contribution in [1.82, 2.24) is 20.0 Å². The molecule has 2 amide bonds. The summed E-state index contributed by atoms with van der Waals surface area (Å²) in [6.45, 7) is 4.68. The van der Waals surface area contributed by atoms with Crippen LogP contribution in [-0.4, -0.2) is 65.0 Å². The average Bonchev–Trinajstić information content (AvgIpc) is 3.39. The molecule has 3 aromatic rings. The molecule has 10 heteroatoms. The van der Waals surface area contributed by atoms with Crippen molar-refractivity contribution in [2.24, 2.45) is 0 Å². The van der Waals surface area contributed by atoms with Gasteiger partial charge in [0.15, 0.2) is 6.61 Å². The lowest BCUT2D eigenvalue weighted by atomic mass is 10.1. The molecular formula is C23H26N4O5S. The first-order chi connectivity index (χ1) is 16.0. The predicted molar refractivity (Wildman–Crippen MR) is 124 cm³/mol. The minimum absolute atomic E-state index is 0.0642. The van der Waals surface area contributed by atoms with Crippen molar-refractivity contribution in [2.45, 2.75) is 32.7 Å². The highest BCUT2D eigenvalue weighted by atomic mass is 32.1. The minimum atomic E-state index is -0.539. The number of rotatable bonds is 6. The van der Waals surface area contributed by atoms with Crippen molar-refractivity contribution in [3.63, 3.8) is 0 Å². The van der Waals surface area contributed by atoms with E-state index in [9.17, 15) is 14.4 Å². The van der Waals surface area contributed by atoms with Crippen LogP contribution in [0.2, 0.25) is 0 Å². The van der Waals surface area contributed by atoms with E-state index in [0.29, 0.717) is 37.4 Å². The summed E-state index contributed by atoms with van der Waals surface area (Å²) in [5, 5.41) is 8.32. The van der Waals surface area contributed by atoms with Crippen molar-refractivity contribution in [3.8, 4) is 5.69 Å². The normalized spacial score (nSPS) is 14.3. The van der Waals surface area contributed by atoms with Crippen molar-refractivity contribution < 1.29 is 23.9 Å². The quantitative estimate of drug-likeness (QED) is 0.555. The van der Waals surface area contributed by atoms with Gasteiger partial charge in [-0.3, -0.25) is 4.79 Å². The number of hydrogen-bond donors (Lipinski definition) is 1. The van der Waals surface area contributed by atoms with Crippen molar-refractivity contribution in [1.29, 1.82) is 0 Å². The number of aryl methyl sites for hydroxylation is 1. The second kappa shape index (κ2) is 10.0. The van der Waals surface area contributed by atoms with Gasteiger partial charge >= 0.3 is 12.1 Å². The van der Waals surface area contributed by atoms with Crippen LogP contribution in [0, 0.1) is 6.92 Å². The molecule has 33 heavy (non-hydrogen) atoms. The number of ether oxygens (including phenoxy) is 2. The Morgan fingerprint density at radius 2 is 1.88 bits per heavy atom. The van der Waals surface area contributed by atoms with Crippen LogP contribution in [0.5, 0.6) is 0 Å². The van der Waals surface area contributed by atoms with Gasteiger partial charge in [-0.1, -0.05) is 18.2 Å². The molecule has 0 spiro atoms. The Labute approximate surface area is 195 Å². The standard InChI is InChI=1S/C23H26N4O5S/c1-3-31-23(30)26-11-9-16(10-12-26)24-20(28)14-32-22(29)19-13-18-15(2)25-27(21(18)33-19)17-7-5-4-6-8-17/h4-8,13,16H,3,9-12,14H2,1-2H3,(H,24,28). The molecule has 0 bridgehead atoms. The number of para-hydroxylation sites is 1. The average molecular weight is 471 g/mol. The SMILES string of the molecule is CCOC(=O)N1CCC(NC(=O)COC(=O)c2cc3c(C)nn(-c4ccccc4)c3s2)CC1. The number of amides is 2. The monoisotopic (exact) mass is 470 g/mol.